The molecule has 0 N–H and O–H groups in total. The smallest absolute Gasteiger partial charge is 0.270 e. The molecule has 1 fully saturated rings. The second kappa shape index (κ2) is 10.3. The van der Waals surface area contributed by atoms with E-state index in [4.69, 9.17) is 0 Å². The van der Waals surface area contributed by atoms with Crippen molar-refractivity contribution in [2.45, 2.75) is 47.0 Å². The Hall–Kier alpha value is -3.64. The van der Waals surface area contributed by atoms with Gasteiger partial charge in [-0.05, 0) is 50.5 Å². The van der Waals surface area contributed by atoms with Gasteiger partial charge < -0.3 is 4.90 Å². The predicted molar refractivity (Wildman–Crippen MR) is 133 cm³/mol. The monoisotopic (exact) mass is 477 g/mol. The van der Waals surface area contributed by atoms with Gasteiger partial charge in [0, 0.05) is 30.5 Å². The minimum Gasteiger partial charge on any atom is -0.338 e. The van der Waals surface area contributed by atoms with Crippen LogP contribution in [0.15, 0.2) is 48.0 Å². The highest BCUT2D eigenvalue weighted by atomic mass is 19.3. The summed E-state index contributed by atoms with van der Waals surface area (Å²) in [5.74, 6) is 0.203. The number of aromatic nitrogens is 4. The number of nitrogens with zero attached hydrogens (tertiary/aromatic N) is 5. The lowest BCUT2D eigenvalue weighted by molar-refractivity contribution is 0.0696. The second-order valence-electron chi connectivity index (χ2n) is 8.55. The minimum atomic E-state index is -2.66. The number of rotatable bonds is 3. The number of likely N-dealkylation sites (tertiary alicyclic amines) is 1. The fourth-order valence-electron chi connectivity index (χ4n) is 4.54. The molecule has 0 spiro atoms. The third kappa shape index (κ3) is 4.93. The van der Waals surface area contributed by atoms with Gasteiger partial charge in [-0.15, -0.1) is 5.73 Å². The van der Waals surface area contributed by atoms with E-state index in [0.717, 1.165) is 29.3 Å². The maximum Gasteiger partial charge on any atom is 0.270 e. The van der Waals surface area contributed by atoms with Gasteiger partial charge in [-0.3, -0.25) is 9.78 Å². The first-order chi connectivity index (χ1) is 16.9. The number of allylic oxidation sites excluding steroid dienone is 2. The van der Waals surface area contributed by atoms with Crippen LogP contribution in [0.25, 0.3) is 22.7 Å². The molecule has 2 aliphatic heterocycles. The number of hydrogen-bond donors (Lipinski definition) is 0. The van der Waals surface area contributed by atoms with Crippen molar-refractivity contribution in [1.29, 1.82) is 0 Å². The van der Waals surface area contributed by atoms with Crippen molar-refractivity contribution in [3.63, 3.8) is 0 Å². The van der Waals surface area contributed by atoms with Crippen molar-refractivity contribution in [3.8, 4) is 0 Å². The summed E-state index contributed by atoms with van der Waals surface area (Å²) in [5, 5.41) is 5.16. The SMILES string of the molecule is CC.Cc1ccc2cc(C(=O)N3CCC[C@H](C4=CC(C(F)F)=C=Cc5ncnn54)C3)c(C)nc2c1. The van der Waals surface area contributed by atoms with Gasteiger partial charge in [-0.2, -0.15) is 5.10 Å². The third-order valence-electron chi connectivity index (χ3n) is 6.25. The molecule has 0 unspecified atom stereocenters. The Labute approximate surface area is 203 Å². The molecular weight excluding hydrogens is 448 g/mol. The van der Waals surface area contributed by atoms with Crippen molar-refractivity contribution < 1.29 is 13.6 Å². The molecule has 8 heteroatoms. The molecule has 1 aromatic carbocycles. The van der Waals surface area contributed by atoms with E-state index in [1.54, 1.807) is 9.58 Å². The van der Waals surface area contributed by atoms with Crippen LogP contribution in [-0.4, -0.2) is 50.1 Å². The first-order valence-electron chi connectivity index (χ1n) is 11.9. The van der Waals surface area contributed by atoms with Crippen LogP contribution in [0.4, 0.5) is 8.78 Å². The number of alkyl halides is 2. The zero-order valence-electron chi connectivity index (χ0n) is 20.4. The van der Waals surface area contributed by atoms with Gasteiger partial charge >= 0.3 is 0 Å². The molecule has 6 nitrogen and oxygen atoms in total. The molecule has 0 bridgehead atoms. The Kier molecular flexibility index (Phi) is 7.22. The molecule has 0 radical (unpaired) electrons. The van der Waals surface area contributed by atoms with Crippen molar-refractivity contribution in [2.24, 2.45) is 5.92 Å². The highest BCUT2D eigenvalue weighted by Gasteiger charge is 2.30. The Morgan fingerprint density at radius 2 is 2.00 bits per heavy atom. The van der Waals surface area contributed by atoms with Gasteiger partial charge in [0.2, 0.25) is 0 Å². The fraction of sp³-hybridized carbons (Fsp3) is 0.370. The summed E-state index contributed by atoms with van der Waals surface area (Å²) in [5.41, 5.74) is 6.27. The Balaban J connectivity index is 0.00000141. The van der Waals surface area contributed by atoms with Gasteiger partial charge in [0.05, 0.1) is 28.0 Å². The molecule has 1 saturated heterocycles. The number of fused-ring (bicyclic) bond motifs is 2. The van der Waals surface area contributed by atoms with Gasteiger partial charge in [-0.25, -0.2) is 18.4 Å². The average molecular weight is 478 g/mol. The molecule has 5 rings (SSSR count). The first kappa shape index (κ1) is 24.5. The molecule has 2 aliphatic rings. The van der Waals surface area contributed by atoms with E-state index in [1.807, 2.05) is 52.0 Å². The maximum absolute atomic E-state index is 13.5. The van der Waals surface area contributed by atoms with Crippen molar-refractivity contribution in [3.05, 3.63) is 70.6 Å². The Bertz CT molecular complexity index is 1350. The normalized spacial score (nSPS) is 17.3. The predicted octanol–water partition coefficient (Wildman–Crippen LogP) is 5.68. The van der Waals surface area contributed by atoms with Crippen LogP contribution in [0.5, 0.6) is 0 Å². The standard InChI is InChI=1S/C25H23F2N5O.C2H6/c1-15-5-6-17-11-20(16(2)30-21(17)10-15)25(33)31-9-3-4-19(13-31)22-12-18(24(26)27)7-8-23-28-14-29-32(22)23;1-2/h5-6,8,10-12,14,19,24H,3-4,9,13H2,1-2H3;1-2H3/t19-;/m0./s1. The average Bonchev–Trinajstić information content (AvgIpc) is 3.24. The van der Waals surface area contributed by atoms with Crippen LogP contribution in [0.3, 0.4) is 0 Å². The number of benzene rings is 1. The van der Waals surface area contributed by atoms with E-state index in [2.05, 4.69) is 20.8 Å². The van der Waals surface area contributed by atoms with Crippen LogP contribution < -0.4 is 0 Å². The van der Waals surface area contributed by atoms with Gasteiger partial charge in [0.25, 0.3) is 12.3 Å². The summed E-state index contributed by atoms with van der Waals surface area (Å²) in [7, 11) is 0. The number of amides is 1. The van der Waals surface area contributed by atoms with E-state index in [9.17, 15) is 13.6 Å². The van der Waals surface area contributed by atoms with E-state index in [0.29, 0.717) is 35.9 Å². The zero-order chi connectivity index (χ0) is 25.1. The summed E-state index contributed by atoms with van der Waals surface area (Å²) in [6, 6.07) is 7.87. The number of halogens is 2. The van der Waals surface area contributed by atoms with Crippen LogP contribution in [0.2, 0.25) is 0 Å². The summed E-state index contributed by atoms with van der Waals surface area (Å²) in [4.78, 5) is 24.1. The molecular formula is C27H29F2N5O. The Morgan fingerprint density at radius 1 is 1.20 bits per heavy atom. The molecule has 0 saturated carbocycles. The number of aryl methyl sites for hydroxylation is 2. The molecule has 0 aliphatic carbocycles. The number of hydrogen-bond acceptors (Lipinski definition) is 4. The van der Waals surface area contributed by atoms with E-state index < -0.39 is 6.43 Å². The van der Waals surface area contributed by atoms with Crippen molar-refractivity contribution in [2.75, 3.05) is 13.1 Å². The van der Waals surface area contributed by atoms with Crippen molar-refractivity contribution in [1.82, 2.24) is 24.6 Å². The van der Waals surface area contributed by atoms with Crippen LogP contribution in [-0.2, 0) is 0 Å². The van der Waals surface area contributed by atoms with Gasteiger partial charge in [0.15, 0.2) is 5.82 Å². The molecule has 3 aromatic rings. The molecule has 182 valence electrons. The highest BCUT2D eigenvalue weighted by Crippen LogP contribution is 2.32. The lowest BCUT2D eigenvalue weighted by atomic mass is 9.92. The van der Waals surface area contributed by atoms with Crippen LogP contribution in [0.1, 0.15) is 54.1 Å². The summed E-state index contributed by atoms with van der Waals surface area (Å²) in [6.45, 7) is 8.87. The Morgan fingerprint density at radius 3 is 2.77 bits per heavy atom. The molecule has 4 heterocycles. The van der Waals surface area contributed by atoms with Gasteiger partial charge in [-0.1, -0.05) is 26.0 Å². The third-order valence-corrected chi connectivity index (χ3v) is 6.25. The molecule has 1 amide bonds. The first-order valence-corrected chi connectivity index (χ1v) is 11.9. The summed E-state index contributed by atoms with van der Waals surface area (Å²) >= 11 is 0. The number of pyridine rings is 1. The summed E-state index contributed by atoms with van der Waals surface area (Å²) < 4.78 is 28.6. The topological polar surface area (TPSA) is 63.9 Å². The minimum absolute atomic E-state index is 0.0945. The maximum atomic E-state index is 13.5. The zero-order valence-corrected chi connectivity index (χ0v) is 20.4. The number of carbonyl (C=O) groups excluding carboxylic acids is 1. The molecule has 2 aromatic heterocycles. The molecule has 1 atom stereocenters. The lowest BCUT2D eigenvalue weighted by Gasteiger charge is -2.34. The highest BCUT2D eigenvalue weighted by molar-refractivity contribution is 5.98. The lowest BCUT2D eigenvalue weighted by Crippen LogP contribution is -2.41. The second-order valence-corrected chi connectivity index (χ2v) is 8.55. The van der Waals surface area contributed by atoms with E-state index in [-0.39, 0.29) is 17.4 Å². The van der Waals surface area contributed by atoms with Crippen LogP contribution in [0, 0.1) is 19.8 Å². The van der Waals surface area contributed by atoms with Crippen molar-refractivity contribution >= 4 is 28.6 Å². The fourth-order valence-corrected chi connectivity index (χ4v) is 4.54. The molecule has 35 heavy (non-hydrogen) atoms. The van der Waals surface area contributed by atoms with Gasteiger partial charge in [0.1, 0.15) is 6.33 Å². The van der Waals surface area contributed by atoms with E-state index >= 15 is 0 Å². The van der Waals surface area contributed by atoms with Crippen LogP contribution >= 0.6 is 0 Å². The summed E-state index contributed by atoms with van der Waals surface area (Å²) in [6.07, 6.45) is 3.13. The largest absolute Gasteiger partial charge is 0.338 e. The van der Waals surface area contributed by atoms with E-state index in [1.165, 1.54) is 18.5 Å². The number of piperidine rings is 1. The number of carbonyl (C=O) groups is 1. The quantitative estimate of drug-likeness (QED) is 0.456.